The van der Waals surface area contributed by atoms with E-state index in [2.05, 4.69) is 37.3 Å². The SMILES string of the molecule is CC(C)(C)Cn1cc(C2CC2)nn1. The zero-order chi connectivity index (χ0) is 9.47. The Bertz CT molecular complexity index is 291. The van der Waals surface area contributed by atoms with Crippen LogP contribution in [0.2, 0.25) is 0 Å². The second kappa shape index (κ2) is 2.82. The van der Waals surface area contributed by atoms with Gasteiger partial charge >= 0.3 is 0 Å². The molecule has 1 heterocycles. The fourth-order valence-electron chi connectivity index (χ4n) is 1.44. The number of hydrogen-bond donors (Lipinski definition) is 0. The molecule has 1 aliphatic rings. The molecule has 1 aliphatic carbocycles. The van der Waals surface area contributed by atoms with Gasteiger partial charge in [-0.25, -0.2) is 0 Å². The van der Waals surface area contributed by atoms with Crippen LogP contribution >= 0.6 is 0 Å². The molecule has 3 heteroatoms. The number of hydrogen-bond acceptors (Lipinski definition) is 2. The first kappa shape index (κ1) is 8.73. The Kier molecular flexibility index (Phi) is 1.90. The smallest absolute Gasteiger partial charge is 0.0857 e. The van der Waals surface area contributed by atoms with Gasteiger partial charge in [0, 0.05) is 18.7 Å². The van der Waals surface area contributed by atoms with Crippen LogP contribution in [0.15, 0.2) is 6.20 Å². The Labute approximate surface area is 79.1 Å². The predicted octanol–water partition coefficient (Wildman–Crippen LogP) is 2.20. The zero-order valence-electron chi connectivity index (χ0n) is 8.62. The summed E-state index contributed by atoms with van der Waals surface area (Å²) < 4.78 is 1.97. The molecule has 0 amide bonds. The Morgan fingerprint density at radius 2 is 2.15 bits per heavy atom. The van der Waals surface area contributed by atoms with Crippen LogP contribution in [0.1, 0.15) is 45.2 Å². The maximum atomic E-state index is 4.18. The Balaban J connectivity index is 2.04. The highest BCUT2D eigenvalue weighted by molar-refractivity contribution is 5.08. The Hall–Kier alpha value is -0.860. The number of nitrogens with zero attached hydrogens (tertiary/aromatic N) is 3. The van der Waals surface area contributed by atoms with Gasteiger partial charge < -0.3 is 0 Å². The largest absolute Gasteiger partial charge is 0.252 e. The number of rotatable bonds is 2. The molecular weight excluding hydrogens is 162 g/mol. The molecule has 0 bridgehead atoms. The van der Waals surface area contributed by atoms with Gasteiger partial charge in [0.25, 0.3) is 0 Å². The molecule has 2 rings (SSSR count). The second-order valence-corrected chi connectivity index (χ2v) is 5.18. The van der Waals surface area contributed by atoms with Crippen molar-refractivity contribution < 1.29 is 0 Å². The molecule has 0 atom stereocenters. The van der Waals surface area contributed by atoms with Crippen LogP contribution in [0.3, 0.4) is 0 Å². The Morgan fingerprint density at radius 3 is 2.69 bits per heavy atom. The summed E-state index contributed by atoms with van der Waals surface area (Å²) in [5, 5.41) is 8.30. The summed E-state index contributed by atoms with van der Waals surface area (Å²) in [5.74, 6) is 0.716. The molecule has 0 unspecified atom stereocenters. The minimum Gasteiger partial charge on any atom is -0.252 e. The van der Waals surface area contributed by atoms with Gasteiger partial charge in [-0.05, 0) is 18.3 Å². The Morgan fingerprint density at radius 1 is 1.46 bits per heavy atom. The lowest BCUT2D eigenvalue weighted by Crippen LogP contribution is -2.15. The van der Waals surface area contributed by atoms with Crippen LogP contribution in [-0.2, 0) is 6.54 Å². The van der Waals surface area contributed by atoms with E-state index in [1.54, 1.807) is 0 Å². The van der Waals surface area contributed by atoms with Crippen molar-refractivity contribution >= 4 is 0 Å². The normalized spacial score (nSPS) is 17.8. The molecule has 1 aromatic heterocycles. The lowest BCUT2D eigenvalue weighted by atomic mass is 9.97. The molecule has 1 fully saturated rings. The highest BCUT2D eigenvalue weighted by Crippen LogP contribution is 2.38. The van der Waals surface area contributed by atoms with Crippen molar-refractivity contribution in [1.82, 2.24) is 15.0 Å². The molecule has 72 valence electrons. The van der Waals surface area contributed by atoms with E-state index in [4.69, 9.17) is 0 Å². The van der Waals surface area contributed by atoms with Gasteiger partial charge in [0.2, 0.25) is 0 Å². The average molecular weight is 179 g/mol. The van der Waals surface area contributed by atoms with Gasteiger partial charge in [-0.1, -0.05) is 26.0 Å². The maximum absolute atomic E-state index is 4.18. The van der Waals surface area contributed by atoms with Crippen LogP contribution in [0.5, 0.6) is 0 Å². The van der Waals surface area contributed by atoms with Crippen molar-refractivity contribution in [3.63, 3.8) is 0 Å². The van der Waals surface area contributed by atoms with Gasteiger partial charge in [-0.15, -0.1) is 5.10 Å². The lowest BCUT2D eigenvalue weighted by Gasteiger charge is -2.16. The molecule has 0 saturated heterocycles. The second-order valence-electron chi connectivity index (χ2n) is 5.18. The van der Waals surface area contributed by atoms with Crippen molar-refractivity contribution in [1.29, 1.82) is 0 Å². The summed E-state index contributed by atoms with van der Waals surface area (Å²) in [4.78, 5) is 0. The van der Waals surface area contributed by atoms with Crippen LogP contribution in [0.25, 0.3) is 0 Å². The van der Waals surface area contributed by atoms with Crippen molar-refractivity contribution in [3.05, 3.63) is 11.9 Å². The summed E-state index contributed by atoms with van der Waals surface area (Å²) in [5.41, 5.74) is 1.47. The first-order chi connectivity index (χ1) is 6.04. The monoisotopic (exact) mass is 179 g/mol. The average Bonchev–Trinajstić information content (AvgIpc) is 2.72. The molecule has 1 aromatic rings. The first-order valence-electron chi connectivity index (χ1n) is 4.95. The molecule has 1 saturated carbocycles. The van der Waals surface area contributed by atoms with Gasteiger partial charge in [0.1, 0.15) is 0 Å². The van der Waals surface area contributed by atoms with E-state index in [0.717, 1.165) is 6.54 Å². The highest BCUT2D eigenvalue weighted by Gasteiger charge is 2.26. The predicted molar refractivity (Wildman–Crippen MR) is 51.5 cm³/mol. The molecule has 3 nitrogen and oxygen atoms in total. The first-order valence-corrected chi connectivity index (χ1v) is 4.95. The third-order valence-corrected chi connectivity index (χ3v) is 2.19. The van der Waals surface area contributed by atoms with Gasteiger partial charge in [0.05, 0.1) is 5.69 Å². The van der Waals surface area contributed by atoms with Gasteiger partial charge in [-0.2, -0.15) is 0 Å². The topological polar surface area (TPSA) is 30.7 Å². The van der Waals surface area contributed by atoms with Crippen molar-refractivity contribution in [3.8, 4) is 0 Å². The molecule has 0 N–H and O–H groups in total. The van der Waals surface area contributed by atoms with Gasteiger partial charge in [-0.3, -0.25) is 4.68 Å². The van der Waals surface area contributed by atoms with E-state index in [0.29, 0.717) is 5.92 Å². The van der Waals surface area contributed by atoms with Gasteiger partial charge in [0.15, 0.2) is 0 Å². The van der Waals surface area contributed by atoms with Crippen molar-refractivity contribution in [2.75, 3.05) is 0 Å². The van der Waals surface area contributed by atoms with Crippen molar-refractivity contribution in [2.45, 2.75) is 46.1 Å². The summed E-state index contributed by atoms with van der Waals surface area (Å²) in [6, 6.07) is 0. The summed E-state index contributed by atoms with van der Waals surface area (Å²) in [7, 11) is 0. The fraction of sp³-hybridized carbons (Fsp3) is 0.800. The molecule has 13 heavy (non-hydrogen) atoms. The molecule has 0 aromatic carbocycles. The fourth-order valence-corrected chi connectivity index (χ4v) is 1.44. The van der Waals surface area contributed by atoms with Crippen LogP contribution in [-0.4, -0.2) is 15.0 Å². The standard InChI is InChI=1S/C10H17N3/c1-10(2,3)7-13-6-9(11-12-13)8-4-5-8/h6,8H,4-5,7H2,1-3H3. The van der Waals surface area contributed by atoms with Crippen LogP contribution < -0.4 is 0 Å². The van der Waals surface area contributed by atoms with E-state index in [9.17, 15) is 0 Å². The van der Waals surface area contributed by atoms with E-state index in [1.807, 2.05) is 4.68 Å². The molecule has 0 radical (unpaired) electrons. The van der Waals surface area contributed by atoms with E-state index < -0.39 is 0 Å². The van der Waals surface area contributed by atoms with Crippen molar-refractivity contribution in [2.24, 2.45) is 5.41 Å². The van der Waals surface area contributed by atoms with E-state index in [1.165, 1.54) is 18.5 Å². The lowest BCUT2D eigenvalue weighted by molar-refractivity contribution is 0.321. The minimum absolute atomic E-state index is 0.286. The van der Waals surface area contributed by atoms with Crippen LogP contribution in [0.4, 0.5) is 0 Å². The summed E-state index contributed by atoms with van der Waals surface area (Å²) >= 11 is 0. The minimum atomic E-state index is 0.286. The maximum Gasteiger partial charge on any atom is 0.0857 e. The zero-order valence-corrected chi connectivity index (χ0v) is 8.62. The molecule has 0 spiro atoms. The number of aromatic nitrogens is 3. The summed E-state index contributed by atoms with van der Waals surface area (Å²) in [6.45, 7) is 7.59. The third kappa shape index (κ3) is 2.29. The van der Waals surface area contributed by atoms with E-state index >= 15 is 0 Å². The quantitative estimate of drug-likeness (QED) is 0.696. The molecular formula is C10H17N3. The molecule has 0 aliphatic heterocycles. The third-order valence-electron chi connectivity index (χ3n) is 2.19. The summed E-state index contributed by atoms with van der Waals surface area (Å²) in [6.07, 6.45) is 4.70. The van der Waals surface area contributed by atoms with Crippen LogP contribution in [0, 0.1) is 5.41 Å². The highest BCUT2D eigenvalue weighted by atomic mass is 15.4. The van der Waals surface area contributed by atoms with E-state index in [-0.39, 0.29) is 5.41 Å².